The minimum absolute atomic E-state index is 0.237. The van der Waals surface area contributed by atoms with Crippen LogP contribution in [-0.2, 0) is 0 Å². The van der Waals surface area contributed by atoms with Crippen LogP contribution in [0.15, 0.2) is 41.2 Å². The summed E-state index contributed by atoms with van der Waals surface area (Å²) in [4.78, 5) is 19.9. The average molecular weight is 391 g/mol. The summed E-state index contributed by atoms with van der Waals surface area (Å²) in [5.41, 5.74) is 1.30. The third-order valence-electron chi connectivity index (χ3n) is 3.44. The molecule has 0 atom stereocenters. The predicted octanol–water partition coefficient (Wildman–Crippen LogP) is 3.37. The number of benzene rings is 1. The van der Waals surface area contributed by atoms with Crippen LogP contribution in [0.4, 0.5) is 11.6 Å². The number of hydrogen-bond donors (Lipinski definition) is 3. The van der Waals surface area contributed by atoms with E-state index >= 15 is 0 Å². The molecular formula is C17H16Cl2N6O. The van der Waals surface area contributed by atoms with E-state index in [1.165, 1.54) is 6.07 Å². The maximum absolute atomic E-state index is 11.0. The Kier molecular flexibility index (Phi) is 5.70. The van der Waals surface area contributed by atoms with E-state index in [4.69, 9.17) is 23.2 Å². The molecule has 0 spiro atoms. The van der Waals surface area contributed by atoms with Gasteiger partial charge in [-0.2, -0.15) is 5.10 Å². The second kappa shape index (κ2) is 8.16. The SMILES string of the molecule is Cc1cc(NCCNc2ccc(=O)[nH]n2)nc(-c2ccc(Cl)cc2Cl)n1. The van der Waals surface area contributed by atoms with Crippen molar-refractivity contribution in [3.63, 3.8) is 0 Å². The van der Waals surface area contributed by atoms with Gasteiger partial charge in [-0.15, -0.1) is 0 Å². The molecule has 0 amide bonds. The molecule has 0 fully saturated rings. The number of hydrogen-bond acceptors (Lipinski definition) is 6. The van der Waals surface area contributed by atoms with Crippen LogP contribution in [0.3, 0.4) is 0 Å². The molecule has 3 rings (SSSR count). The lowest BCUT2D eigenvalue weighted by molar-refractivity contribution is 0.961. The molecule has 0 aliphatic heterocycles. The normalized spacial score (nSPS) is 10.6. The molecular weight excluding hydrogens is 375 g/mol. The molecule has 0 saturated heterocycles. The number of aromatic nitrogens is 4. The molecule has 2 heterocycles. The van der Waals surface area contributed by atoms with Crippen molar-refractivity contribution in [3.05, 3.63) is 62.5 Å². The number of H-pyrrole nitrogens is 1. The van der Waals surface area contributed by atoms with Crippen molar-refractivity contribution in [2.45, 2.75) is 6.92 Å². The molecule has 0 bridgehead atoms. The molecule has 3 aromatic rings. The number of nitrogens with one attached hydrogen (secondary N) is 3. The van der Waals surface area contributed by atoms with Crippen molar-refractivity contribution in [1.82, 2.24) is 20.2 Å². The van der Waals surface area contributed by atoms with Crippen molar-refractivity contribution in [3.8, 4) is 11.4 Å². The highest BCUT2D eigenvalue weighted by atomic mass is 35.5. The highest BCUT2D eigenvalue weighted by Crippen LogP contribution is 2.28. The number of nitrogens with zero attached hydrogens (tertiary/aromatic N) is 3. The highest BCUT2D eigenvalue weighted by Gasteiger charge is 2.09. The summed E-state index contributed by atoms with van der Waals surface area (Å²) >= 11 is 12.2. The third-order valence-corrected chi connectivity index (χ3v) is 3.99. The molecule has 2 aromatic heterocycles. The quantitative estimate of drug-likeness (QED) is 0.558. The zero-order valence-electron chi connectivity index (χ0n) is 13.9. The van der Waals surface area contributed by atoms with Gasteiger partial charge in [-0.3, -0.25) is 4.79 Å². The summed E-state index contributed by atoms with van der Waals surface area (Å²) in [5, 5.41) is 13.6. The predicted molar refractivity (Wildman–Crippen MR) is 104 cm³/mol. The van der Waals surface area contributed by atoms with Gasteiger partial charge in [0.15, 0.2) is 5.82 Å². The second-order valence-electron chi connectivity index (χ2n) is 5.50. The Hall–Kier alpha value is -2.64. The lowest BCUT2D eigenvalue weighted by Gasteiger charge is -2.10. The number of aryl methyl sites for hydroxylation is 1. The number of rotatable bonds is 6. The van der Waals surface area contributed by atoms with Crippen molar-refractivity contribution in [2.75, 3.05) is 23.7 Å². The molecule has 0 saturated carbocycles. The van der Waals surface area contributed by atoms with Crippen LogP contribution < -0.4 is 16.2 Å². The third kappa shape index (κ3) is 4.71. The number of halogens is 2. The van der Waals surface area contributed by atoms with Crippen LogP contribution in [0, 0.1) is 6.92 Å². The smallest absolute Gasteiger partial charge is 0.264 e. The van der Waals surface area contributed by atoms with E-state index in [9.17, 15) is 4.79 Å². The zero-order chi connectivity index (χ0) is 18.5. The van der Waals surface area contributed by atoms with E-state index in [2.05, 4.69) is 30.8 Å². The van der Waals surface area contributed by atoms with Crippen LogP contribution >= 0.6 is 23.2 Å². The molecule has 26 heavy (non-hydrogen) atoms. The standard InChI is InChI=1S/C17H16Cl2N6O/c1-10-8-15(21-7-6-20-14-4-5-16(26)25-24-14)23-17(22-10)12-3-2-11(18)9-13(12)19/h2-5,8-9H,6-7H2,1H3,(H,20,24)(H,25,26)(H,21,22,23). The van der Waals surface area contributed by atoms with E-state index in [1.54, 1.807) is 24.3 Å². The Morgan fingerprint density at radius 1 is 1.00 bits per heavy atom. The Morgan fingerprint density at radius 2 is 1.77 bits per heavy atom. The zero-order valence-corrected chi connectivity index (χ0v) is 15.4. The maximum Gasteiger partial charge on any atom is 0.264 e. The van der Waals surface area contributed by atoms with Gasteiger partial charge in [0.25, 0.3) is 5.56 Å². The van der Waals surface area contributed by atoms with Gasteiger partial charge in [0.05, 0.1) is 5.02 Å². The number of aromatic amines is 1. The van der Waals surface area contributed by atoms with E-state index in [-0.39, 0.29) is 5.56 Å². The largest absolute Gasteiger partial charge is 0.368 e. The van der Waals surface area contributed by atoms with Gasteiger partial charge in [0.1, 0.15) is 11.6 Å². The van der Waals surface area contributed by atoms with Gasteiger partial charge < -0.3 is 10.6 Å². The molecule has 1 aromatic carbocycles. The summed E-state index contributed by atoms with van der Waals surface area (Å²) in [5.74, 6) is 1.82. The van der Waals surface area contributed by atoms with Gasteiger partial charge in [0.2, 0.25) is 0 Å². The van der Waals surface area contributed by atoms with Crippen LogP contribution in [0.1, 0.15) is 5.69 Å². The monoisotopic (exact) mass is 390 g/mol. The molecule has 0 radical (unpaired) electrons. The van der Waals surface area contributed by atoms with Crippen molar-refractivity contribution in [1.29, 1.82) is 0 Å². The fourth-order valence-electron chi connectivity index (χ4n) is 2.27. The average Bonchev–Trinajstić information content (AvgIpc) is 2.60. The van der Waals surface area contributed by atoms with Crippen LogP contribution in [0.5, 0.6) is 0 Å². The van der Waals surface area contributed by atoms with Gasteiger partial charge in [-0.25, -0.2) is 15.1 Å². The fraction of sp³-hybridized carbons (Fsp3) is 0.176. The molecule has 0 unspecified atom stereocenters. The van der Waals surface area contributed by atoms with Gasteiger partial charge >= 0.3 is 0 Å². The Morgan fingerprint density at radius 3 is 2.46 bits per heavy atom. The molecule has 9 heteroatoms. The van der Waals surface area contributed by atoms with E-state index in [0.717, 1.165) is 11.3 Å². The summed E-state index contributed by atoms with van der Waals surface area (Å²) in [7, 11) is 0. The topological polar surface area (TPSA) is 95.6 Å². The summed E-state index contributed by atoms with van der Waals surface area (Å²) in [6.45, 7) is 3.09. The fourth-order valence-corrected chi connectivity index (χ4v) is 2.77. The lowest BCUT2D eigenvalue weighted by atomic mass is 10.2. The molecule has 0 aliphatic rings. The first kappa shape index (κ1) is 18.2. The Balaban J connectivity index is 1.66. The molecule has 7 nitrogen and oxygen atoms in total. The second-order valence-corrected chi connectivity index (χ2v) is 6.35. The Labute approximate surface area is 159 Å². The number of anilines is 2. The van der Waals surface area contributed by atoms with E-state index in [0.29, 0.717) is 40.6 Å². The summed E-state index contributed by atoms with van der Waals surface area (Å²) in [6.07, 6.45) is 0. The molecule has 134 valence electrons. The minimum atomic E-state index is -0.237. The van der Waals surface area contributed by atoms with E-state index < -0.39 is 0 Å². The molecule has 0 aliphatic carbocycles. The Bertz CT molecular complexity index is 955. The van der Waals surface area contributed by atoms with Crippen LogP contribution in [0.2, 0.25) is 10.0 Å². The van der Waals surface area contributed by atoms with Crippen molar-refractivity contribution in [2.24, 2.45) is 0 Å². The first-order valence-electron chi connectivity index (χ1n) is 7.86. The molecule has 3 N–H and O–H groups in total. The van der Waals surface area contributed by atoms with E-state index in [1.807, 2.05) is 13.0 Å². The minimum Gasteiger partial charge on any atom is -0.368 e. The van der Waals surface area contributed by atoms with Gasteiger partial charge in [-0.1, -0.05) is 23.2 Å². The highest BCUT2D eigenvalue weighted by molar-refractivity contribution is 6.36. The first-order valence-corrected chi connectivity index (χ1v) is 8.61. The van der Waals surface area contributed by atoms with Crippen LogP contribution in [0.25, 0.3) is 11.4 Å². The van der Waals surface area contributed by atoms with Crippen molar-refractivity contribution < 1.29 is 0 Å². The first-order chi connectivity index (χ1) is 12.5. The van der Waals surface area contributed by atoms with Crippen molar-refractivity contribution >= 4 is 34.8 Å². The maximum atomic E-state index is 11.0. The summed E-state index contributed by atoms with van der Waals surface area (Å²) < 4.78 is 0. The van der Waals surface area contributed by atoms with Gasteiger partial charge in [-0.05, 0) is 31.2 Å². The lowest BCUT2D eigenvalue weighted by Crippen LogP contribution is -2.17. The van der Waals surface area contributed by atoms with Crippen LogP contribution in [-0.4, -0.2) is 33.3 Å². The van der Waals surface area contributed by atoms with Gasteiger partial charge in [0, 0.05) is 41.5 Å². The summed E-state index contributed by atoms with van der Waals surface area (Å²) in [6, 6.07) is 10.1.